The number of rotatable bonds is 7. The first kappa shape index (κ1) is 31.9. The van der Waals surface area contributed by atoms with E-state index >= 15 is 0 Å². The Morgan fingerprint density at radius 2 is 1.68 bits per heavy atom. The van der Waals surface area contributed by atoms with E-state index < -0.39 is 69.4 Å². The molecule has 1 aromatic heterocycles. The van der Waals surface area contributed by atoms with Gasteiger partial charge >= 0.3 is 10.2 Å². The second-order valence-corrected chi connectivity index (χ2v) is 14.1. The zero-order chi connectivity index (χ0) is 32.2. The molecule has 2 amide bonds. The van der Waals surface area contributed by atoms with E-state index in [2.05, 4.69) is 20.8 Å². The van der Waals surface area contributed by atoms with Gasteiger partial charge in [-0.3, -0.25) is 14.5 Å². The Morgan fingerprint density at radius 3 is 2.27 bits per heavy atom. The summed E-state index contributed by atoms with van der Waals surface area (Å²) in [5.41, 5.74) is -1.26. The van der Waals surface area contributed by atoms with Crippen molar-refractivity contribution >= 4 is 38.6 Å². The fourth-order valence-corrected chi connectivity index (χ4v) is 6.30. The van der Waals surface area contributed by atoms with Crippen LogP contribution in [0.4, 0.5) is 33.9 Å². The first-order valence-electron chi connectivity index (χ1n) is 13.7. The summed E-state index contributed by atoms with van der Waals surface area (Å²) < 4.78 is 95.5. The Balaban J connectivity index is 1.64. The van der Waals surface area contributed by atoms with Crippen molar-refractivity contribution < 1.29 is 42.9 Å². The molecule has 0 radical (unpaired) electrons. The summed E-state index contributed by atoms with van der Waals surface area (Å²) in [6.45, 7) is 1.44. The number of hydrogen-bond acceptors (Lipinski definition) is 6. The second kappa shape index (κ2) is 10.3. The third kappa shape index (κ3) is 6.91. The highest BCUT2D eigenvalue weighted by atomic mass is 32.5. The first-order valence-corrected chi connectivity index (χ1v) is 15.7. The predicted octanol–water partition coefficient (Wildman–Crippen LogP) is 6.17. The summed E-state index contributed by atoms with van der Waals surface area (Å²) in [4.78, 5) is 26.9. The quantitative estimate of drug-likeness (QED) is 0.265. The number of nitrogens with one attached hydrogen (secondary N) is 2. The van der Waals surface area contributed by atoms with Gasteiger partial charge in [-0.15, -0.1) is 0 Å². The van der Waals surface area contributed by atoms with E-state index in [-0.39, 0.29) is 49.2 Å². The number of β-amino-alcohol motifs (C(OH)–C–C–N with tert-alkyl or cyclic N) is 1. The molecule has 1 aliphatic carbocycles. The molecule has 1 saturated carbocycles. The molecule has 2 fully saturated rings. The third-order valence-electron chi connectivity index (χ3n) is 7.91. The predicted molar refractivity (Wildman–Crippen MR) is 150 cm³/mol. The molecule has 5 rings (SSSR count). The van der Waals surface area contributed by atoms with Crippen LogP contribution in [0.1, 0.15) is 50.6 Å². The molecule has 240 valence electrons. The van der Waals surface area contributed by atoms with Gasteiger partial charge in [-0.1, -0.05) is 37.6 Å². The minimum absolute atomic E-state index is 0.0205. The number of halogens is 7. The third-order valence-corrected chi connectivity index (χ3v) is 9.07. The molecule has 2 heterocycles. The van der Waals surface area contributed by atoms with Crippen LogP contribution in [-0.4, -0.2) is 57.3 Å². The lowest BCUT2D eigenvalue weighted by Crippen LogP contribution is -2.52. The summed E-state index contributed by atoms with van der Waals surface area (Å²) in [7, 11) is -10.1. The number of nitrogens with zero attached hydrogens (tertiary/aromatic N) is 3. The zero-order valence-electron chi connectivity index (χ0n) is 23.3. The van der Waals surface area contributed by atoms with Crippen molar-refractivity contribution in [2.45, 2.75) is 73.6 Å². The maximum atomic E-state index is 14.1. The Hall–Kier alpha value is -3.50. The molecule has 3 atom stereocenters. The summed E-state index contributed by atoms with van der Waals surface area (Å²) >= 11 is 0. The Morgan fingerprint density at radius 1 is 1.05 bits per heavy atom. The molecule has 8 nitrogen and oxygen atoms in total. The van der Waals surface area contributed by atoms with Crippen LogP contribution in [0.25, 0.3) is 10.9 Å². The number of amides is 2. The lowest BCUT2D eigenvalue weighted by molar-refractivity contribution is -0.128. The maximum absolute atomic E-state index is 14.1. The van der Waals surface area contributed by atoms with Crippen LogP contribution >= 0.6 is 10.2 Å². The fourth-order valence-electron chi connectivity index (χ4n) is 5.64. The van der Waals surface area contributed by atoms with Gasteiger partial charge in [0.25, 0.3) is 0 Å². The van der Waals surface area contributed by atoms with Crippen LogP contribution in [0.2, 0.25) is 0 Å². The molecule has 3 aromatic rings. The molecular weight excluding hydrogens is 619 g/mol. The number of aromatic nitrogens is 2. The van der Waals surface area contributed by atoms with E-state index in [1.165, 1.54) is 13.1 Å². The number of anilines is 1. The summed E-state index contributed by atoms with van der Waals surface area (Å²) in [5.74, 6) is -4.60. The van der Waals surface area contributed by atoms with Crippen molar-refractivity contribution in [3.63, 3.8) is 0 Å². The van der Waals surface area contributed by atoms with Gasteiger partial charge in [0.2, 0.25) is 17.7 Å². The van der Waals surface area contributed by atoms with Crippen LogP contribution in [0.15, 0.2) is 59.6 Å². The van der Waals surface area contributed by atoms with Gasteiger partial charge in [0.1, 0.15) is 10.9 Å². The van der Waals surface area contributed by atoms with E-state index in [1.807, 2.05) is 0 Å². The summed E-state index contributed by atoms with van der Waals surface area (Å²) in [6.07, 6.45) is -0.0406. The maximum Gasteiger partial charge on any atom is 0.310 e. The van der Waals surface area contributed by atoms with Crippen molar-refractivity contribution in [3.05, 3.63) is 60.3 Å². The lowest BCUT2D eigenvalue weighted by Gasteiger charge is -2.41. The number of carbonyl (C=O) groups excluding carboxylic acids is 2. The number of carbonyl (C=O) groups is 2. The van der Waals surface area contributed by atoms with Gasteiger partial charge in [-0.25, -0.2) is 8.78 Å². The smallest absolute Gasteiger partial charge is 0.310 e. The number of fused-ring (bicyclic) bond motifs is 1. The van der Waals surface area contributed by atoms with Crippen molar-refractivity contribution in [3.8, 4) is 0 Å². The number of hydrogen-bond donors (Lipinski definition) is 3. The van der Waals surface area contributed by atoms with Gasteiger partial charge in [-0.2, -0.15) is 10.2 Å². The fraction of sp³-hybridized carbons (Fsp3) is 0.429. The molecule has 16 heteroatoms. The number of aliphatic hydroxyl groups is 1. The van der Waals surface area contributed by atoms with Crippen LogP contribution < -0.4 is 15.5 Å². The molecule has 0 spiro atoms. The highest BCUT2D eigenvalue weighted by Crippen LogP contribution is 3.02. The standard InChI is InChI=1S/C28H30F7N5O3S/c1-27(43)14-23(36-16-27)26(42)40(18-6-8-19(9-7-18)44(31,32,33,34)35)24(21-15-37-39-22-5-3-2-4-20(21)22)25(41)38-17-10-12-28(29,30)13-11-17/h2-9,15,17,23-24,36,43H,10-14,16H2,1H3,(H,38,41). The van der Waals surface area contributed by atoms with Crippen molar-refractivity contribution in [2.24, 2.45) is 0 Å². The molecule has 3 N–H and O–H groups in total. The lowest BCUT2D eigenvalue weighted by atomic mass is 9.91. The minimum atomic E-state index is -10.1. The highest BCUT2D eigenvalue weighted by Gasteiger charge is 2.65. The number of alkyl halides is 2. The van der Waals surface area contributed by atoms with Crippen molar-refractivity contribution in [2.75, 3.05) is 11.4 Å². The molecule has 1 saturated heterocycles. The second-order valence-electron chi connectivity index (χ2n) is 11.7. The Bertz CT molecular complexity index is 1570. The minimum Gasteiger partial charge on any atom is -0.389 e. The largest absolute Gasteiger partial charge is 0.389 e. The molecule has 1 aliphatic heterocycles. The van der Waals surface area contributed by atoms with Crippen molar-refractivity contribution in [1.29, 1.82) is 0 Å². The molecule has 44 heavy (non-hydrogen) atoms. The monoisotopic (exact) mass is 649 g/mol. The average molecular weight is 650 g/mol. The van der Waals surface area contributed by atoms with Crippen LogP contribution in [0.3, 0.4) is 0 Å². The normalized spacial score (nSPS) is 24.7. The number of benzene rings is 2. The topological polar surface area (TPSA) is 107 Å². The van der Waals surface area contributed by atoms with Crippen LogP contribution in [0.5, 0.6) is 0 Å². The summed E-state index contributed by atoms with van der Waals surface area (Å²) in [6, 6.07) is 4.55. The van der Waals surface area contributed by atoms with E-state index in [4.69, 9.17) is 0 Å². The molecule has 2 aromatic carbocycles. The molecule has 3 unspecified atom stereocenters. The van der Waals surface area contributed by atoms with Gasteiger partial charge < -0.3 is 15.7 Å². The van der Waals surface area contributed by atoms with Crippen molar-refractivity contribution in [1.82, 2.24) is 20.8 Å². The zero-order valence-corrected chi connectivity index (χ0v) is 24.1. The van der Waals surface area contributed by atoms with Gasteiger partial charge in [-0.05, 0) is 50.1 Å². The van der Waals surface area contributed by atoms with Gasteiger partial charge in [0.05, 0.1) is 23.4 Å². The first-order chi connectivity index (χ1) is 20.2. The summed E-state index contributed by atoms with van der Waals surface area (Å²) in [5, 5.41) is 24.4. The van der Waals surface area contributed by atoms with Gasteiger partial charge in [0, 0.05) is 48.5 Å². The molecule has 2 aliphatic rings. The van der Waals surface area contributed by atoms with Crippen LogP contribution in [0, 0.1) is 0 Å². The Kier molecular flexibility index (Phi) is 7.45. The van der Waals surface area contributed by atoms with E-state index in [0.717, 1.165) is 4.90 Å². The Labute approximate surface area is 247 Å². The van der Waals surface area contributed by atoms with E-state index in [1.54, 1.807) is 24.3 Å². The highest BCUT2D eigenvalue weighted by molar-refractivity contribution is 8.45. The van der Waals surface area contributed by atoms with E-state index in [0.29, 0.717) is 23.0 Å². The molecule has 0 bridgehead atoms. The van der Waals surface area contributed by atoms with Crippen LogP contribution in [-0.2, 0) is 9.59 Å². The SMILES string of the molecule is CC1(O)CNC(C(=O)N(c2ccc(S(F)(F)(F)(F)F)cc2)C(C(=O)NC2CCC(F)(F)CC2)c2cnnc3ccccc23)C1. The van der Waals surface area contributed by atoms with Gasteiger partial charge in [0.15, 0.2) is 0 Å². The molecular formula is C28H30F7N5O3S. The average Bonchev–Trinajstić information content (AvgIpc) is 3.30. The van der Waals surface area contributed by atoms with E-state index in [9.17, 15) is 42.9 Å².